The lowest BCUT2D eigenvalue weighted by Crippen LogP contribution is -2.24. The molecule has 0 saturated carbocycles. The second-order valence-corrected chi connectivity index (χ2v) is 12.2. The number of hydrogen-bond donors (Lipinski definition) is 4. The van der Waals surface area contributed by atoms with E-state index in [-0.39, 0.29) is 23.3 Å². The van der Waals surface area contributed by atoms with Crippen LogP contribution in [0.25, 0.3) is 0 Å². The number of unbranched alkanes of at least 4 members (excludes halogenated alkanes) is 9. The number of phenols is 1. The second-order valence-electron chi connectivity index (χ2n) is 11.4. The third-order valence-electron chi connectivity index (χ3n) is 7.73. The number of carbonyl (C=O) groups is 2. The highest BCUT2D eigenvalue weighted by Gasteiger charge is 2.18. The lowest BCUT2D eigenvalue weighted by molar-refractivity contribution is -0.119. The van der Waals surface area contributed by atoms with E-state index in [4.69, 9.17) is 27.9 Å². The molecule has 244 valence electrons. The fraction of sp³-hybridized carbons (Fsp3) is 0.444. The Balaban J connectivity index is 1.39. The molecule has 3 amide bonds. The molecule has 0 aliphatic heterocycles. The average molecular weight is 657 g/mol. The van der Waals surface area contributed by atoms with Gasteiger partial charge in [-0.1, -0.05) is 107 Å². The van der Waals surface area contributed by atoms with Crippen molar-refractivity contribution in [1.29, 1.82) is 0 Å². The van der Waals surface area contributed by atoms with E-state index in [0.717, 1.165) is 24.3 Å². The molecule has 0 aromatic heterocycles. The zero-order chi connectivity index (χ0) is 32.4. The first-order valence-electron chi connectivity index (χ1n) is 16.2. The Morgan fingerprint density at radius 2 is 1.36 bits per heavy atom. The minimum atomic E-state index is -0.568. The molecule has 0 aliphatic rings. The molecule has 0 aliphatic carbocycles. The SMILES string of the molecule is CCCCCCCCCCCCOc1ccc(CC(CC)C(=O)Nc2ccc(NC(=O)Nc3ccc(Cl)c(Cl)c3)c(O)c2)cc1. The van der Waals surface area contributed by atoms with Crippen LogP contribution >= 0.6 is 23.2 Å². The van der Waals surface area contributed by atoms with Crippen LogP contribution in [0.1, 0.15) is 90.0 Å². The van der Waals surface area contributed by atoms with E-state index in [1.54, 1.807) is 18.2 Å². The van der Waals surface area contributed by atoms with Gasteiger partial charge in [-0.3, -0.25) is 4.79 Å². The molecular weight excluding hydrogens is 609 g/mol. The van der Waals surface area contributed by atoms with E-state index in [2.05, 4.69) is 22.9 Å². The van der Waals surface area contributed by atoms with Crippen LogP contribution in [0.2, 0.25) is 10.0 Å². The van der Waals surface area contributed by atoms with E-state index in [0.29, 0.717) is 34.3 Å². The molecule has 7 nitrogen and oxygen atoms in total. The Kier molecular flexibility index (Phi) is 15.9. The molecule has 0 spiro atoms. The van der Waals surface area contributed by atoms with Crippen molar-refractivity contribution < 1.29 is 19.4 Å². The van der Waals surface area contributed by atoms with Crippen molar-refractivity contribution in [3.8, 4) is 11.5 Å². The first-order chi connectivity index (χ1) is 21.8. The summed E-state index contributed by atoms with van der Waals surface area (Å²) in [6.07, 6.45) is 14.2. The first-order valence-corrected chi connectivity index (χ1v) is 16.9. The summed E-state index contributed by atoms with van der Waals surface area (Å²) in [7, 11) is 0. The highest BCUT2D eigenvalue weighted by Crippen LogP contribution is 2.29. The maximum absolute atomic E-state index is 13.1. The highest BCUT2D eigenvalue weighted by molar-refractivity contribution is 6.42. The van der Waals surface area contributed by atoms with Crippen LogP contribution in [-0.4, -0.2) is 23.7 Å². The van der Waals surface area contributed by atoms with Crippen LogP contribution in [-0.2, 0) is 11.2 Å². The van der Waals surface area contributed by atoms with Gasteiger partial charge >= 0.3 is 6.03 Å². The van der Waals surface area contributed by atoms with Gasteiger partial charge in [0.1, 0.15) is 11.5 Å². The molecule has 0 bridgehead atoms. The van der Waals surface area contributed by atoms with Gasteiger partial charge in [0.15, 0.2) is 0 Å². The number of carbonyl (C=O) groups excluding carboxylic acids is 2. The minimum Gasteiger partial charge on any atom is -0.506 e. The van der Waals surface area contributed by atoms with Crippen LogP contribution in [0.4, 0.5) is 21.9 Å². The molecule has 9 heteroatoms. The molecule has 3 aromatic carbocycles. The van der Waals surface area contributed by atoms with Gasteiger partial charge in [0.2, 0.25) is 5.91 Å². The number of urea groups is 1. The molecule has 0 heterocycles. The number of phenolic OH excluding ortho intramolecular Hbond substituents is 1. The van der Waals surface area contributed by atoms with Gasteiger partial charge in [0, 0.05) is 23.4 Å². The van der Waals surface area contributed by atoms with Gasteiger partial charge in [-0.05, 0) is 67.3 Å². The molecule has 0 saturated heterocycles. The van der Waals surface area contributed by atoms with Crippen molar-refractivity contribution in [3.63, 3.8) is 0 Å². The van der Waals surface area contributed by atoms with Gasteiger partial charge in [-0.2, -0.15) is 0 Å². The number of nitrogens with one attached hydrogen (secondary N) is 3. The standard InChI is InChI=1S/C36H47Cl2N3O4/c1-3-5-6-7-8-9-10-11-12-13-22-45-30-18-14-26(15-19-30)23-27(4-2)35(43)39-29-17-21-33(34(42)25-29)41-36(44)40-28-16-20-31(37)32(38)24-28/h14-21,24-25,27,42H,3-13,22-23H2,1-2H3,(H,39,43)(H2,40,41,44). The predicted molar refractivity (Wildman–Crippen MR) is 187 cm³/mol. The third kappa shape index (κ3) is 13.2. The van der Waals surface area contributed by atoms with E-state index in [1.807, 2.05) is 31.2 Å². The summed E-state index contributed by atoms with van der Waals surface area (Å²) in [5.41, 5.74) is 2.12. The van der Waals surface area contributed by atoms with Gasteiger partial charge in [-0.15, -0.1) is 0 Å². The molecular formula is C36H47Cl2N3O4. The van der Waals surface area contributed by atoms with E-state index in [9.17, 15) is 14.7 Å². The molecule has 4 N–H and O–H groups in total. The number of anilines is 3. The summed E-state index contributed by atoms with van der Waals surface area (Å²) in [6, 6.07) is 16.7. The highest BCUT2D eigenvalue weighted by atomic mass is 35.5. The molecule has 1 unspecified atom stereocenters. The summed E-state index contributed by atoms with van der Waals surface area (Å²) in [5.74, 6) is 0.275. The maximum Gasteiger partial charge on any atom is 0.323 e. The topological polar surface area (TPSA) is 99.7 Å². The quantitative estimate of drug-likeness (QED) is 0.0762. The number of halogens is 2. The van der Waals surface area contributed by atoms with E-state index in [1.165, 1.54) is 76.0 Å². The third-order valence-corrected chi connectivity index (χ3v) is 8.47. The molecule has 45 heavy (non-hydrogen) atoms. The Morgan fingerprint density at radius 3 is 1.98 bits per heavy atom. The summed E-state index contributed by atoms with van der Waals surface area (Å²) in [4.78, 5) is 25.4. The van der Waals surface area contributed by atoms with Gasteiger partial charge in [0.05, 0.1) is 22.3 Å². The average Bonchev–Trinajstić information content (AvgIpc) is 3.02. The van der Waals surface area contributed by atoms with Crippen molar-refractivity contribution >= 4 is 52.2 Å². The maximum atomic E-state index is 13.1. The zero-order valence-corrected chi connectivity index (χ0v) is 28.0. The van der Waals surface area contributed by atoms with Gasteiger partial charge < -0.3 is 25.8 Å². The van der Waals surface area contributed by atoms with Crippen LogP contribution in [0.15, 0.2) is 60.7 Å². The number of hydrogen-bond acceptors (Lipinski definition) is 4. The first kappa shape index (κ1) is 36.1. The Labute approximate surface area is 278 Å². The van der Waals surface area contributed by atoms with Crippen LogP contribution in [0.5, 0.6) is 11.5 Å². The molecule has 0 fully saturated rings. The van der Waals surface area contributed by atoms with Crippen LogP contribution in [0.3, 0.4) is 0 Å². The summed E-state index contributed by atoms with van der Waals surface area (Å²) < 4.78 is 5.93. The van der Waals surface area contributed by atoms with E-state index >= 15 is 0 Å². The van der Waals surface area contributed by atoms with Crippen LogP contribution < -0.4 is 20.7 Å². The number of aromatic hydroxyl groups is 1. The summed E-state index contributed by atoms with van der Waals surface area (Å²) >= 11 is 11.9. The number of benzene rings is 3. The van der Waals surface area contributed by atoms with Crippen LogP contribution in [0, 0.1) is 5.92 Å². The number of ether oxygens (including phenoxy) is 1. The normalized spacial score (nSPS) is 11.6. The lowest BCUT2D eigenvalue weighted by Gasteiger charge is -2.16. The fourth-order valence-corrected chi connectivity index (χ4v) is 5.32. The van der Waals surface area contributed by atoms with Crippen molar-refractivity contribution in [1.82, 2.24) is 0 Å². The second kappa shape index (κ2) is 19.9. The zero-order valence-electron chi connectivity index (χ0n) is 26.5. The Bertz CT molecular complexity index is 1350. The Hall–Kier alpha value is -3.42. The molecule has 0 radical (unpaired) electrons. The monoisotopic (exact) mass is 655 g/mol. The summed E-state index contributed by atoms with van der Waals surface area (Å²) in [6.45, 7) is 4.95. The number of amides is 3. The van der Waals surface area contributed by atoms with Crippen molar-refractivity contribution in [2.75, 3.05) is 22.6 Å². The molecule has 3 aromatic rings. The minimum absolute atomic E-state index is 0.142. The van der Waals surface area contributed by atoms with Crippen molar-refractivity contribution in [3.05, 3.63) is 76.3 Å². The summed E-state index contributed by atoms with van der Waals surface area (Å²) in [5, 5.41) is 19.2. The number of rotatable bonds is 19. The fourth-order valence-electron chi connectivity index (χ4n) is 5.03. The molecule has 3 rings (SSSR count). The van der Waals surface area contributed by atoms with Crippen molar-refractivity contribution in [2.24, 2.45) is 5.92 Å². The largest absolute Gasteiger partial charge is 0.506 e. The van der Waals surface area contributed by atoms with Crippen molar-refractivity contribution in [2.45, 2.75) is 90.9 Å². The lowest BCUT2D eigenvalue weighted by atomic mass is 9.96. The van der Waals surface area contributed by atoms with Gasteiger partial charge in [0.25, 0.3) is 0 Å². The Morgan fingerprint density at radius 1 is 0.733 bits per heavy atom. The smallest absolute Gasteiger partial charge is 0.323 e. The van der Waals surface area contributed by atoms with Gasteiger partial charge in [-0.25, -0.2) is 4.79 Å². The van der Waals surface area contributed by atoms with E-state index < -0.39 is 6.03 Å². The molecule has 1 atom stereocenters. The predicted octanol–water partition coefficient (Wildman–Crippen LogP) is 10.9.